The van der Waals surface area contributed by atoms with E-state index in [0.29, 0.717) is 24.7 Å². The second kappa shape index (κ2) is 5.49. The van der Waals surface area contributed by atoms with Crippen LogP contribution in [-0.2, 0) is 4.74 Å². The van der Waals surface area contributed by atoms with Gasteiger partial charge in [-0.15, -0.1) is 0 Å². The summed E-state index contributed by atoms with van der Waals surface area (Å²) in [7, 11) is 0. The van der Waals surface area contributed by atoms with Gasteiger partial charge in [-0.25, -0.2) is 0 Å². The van der Waals surface area contributed by atoms with Crippen LogP contribution in [0.15, 0.2) is 24.3 Å². The Labute approximate surface area is 114 Å². The first-order chi connectivity index (χ1) is 9.33. The highest BCUT2D eigenvalue weighted by Gasteiger charge is 2.45. The van der Waals surface area contributed by atoms with Crippen molar-refractivity contribution in [3.8, 4) is 5.75 Å². The first-order valence-corrected chi connectivity index (χ1v) is 7.16. The summed E-state index contributed by atoms with van der Waals surface area (Å²) >= 11 is 0. The van der Waals surface area contributed by atoms with Gasteiger partial charge in [0.1, 0.15) is 5.75 Å². The maximum Gasteiger partial charge on any atom is 0.124 e. The third-order valence-electron chi connectivity index (χ3n) is 4.31. The molecule has 2 fully saturated rings. The molecule has 3 rings (SSSR count). The Morgan fingerprint density at radius 3 is 2.89 bits per heavy atom. The Kier molecular flexibility index (Phi) is 3.73. The maximum atomic E-state index is 5.95. The SMILES string of the molecule is CCOc1ccccc1C(NN)C1CC2CCC1O2. The number of hydrogen-bond acceptors (Lipinski definition) is 4. The number of para-hydroxylation sites is 1. The minimum absolute atomic E-state index is 0.109. The average molecular weight is 262 g/mol. The fourth-order valence-corrected chi connectivity index (χ4v) is 3.50. The number of hydrazine groups is 1. The maximum absolute atomic E-state index is 5.95. The summed E-state index contributed by atoms with van der Waals surface area (Å²) in [5, 5.41) is 0. The molecule has 0 saturated carbocycles. The summed E-state index contributed by atoms with van der Waals surface area (Å²) in [5.74, 6) is 7.20. The van der Waals surface area contributed by atoms with Gasteiger partial charge >= 0.3 is 0 Å². The topological polar surface area (TPSA) is 56.5 Å². The Morgan fingerprint density at radius 1 is 1.42 bits per heavy atom. The van der Waals surface area contributed by atoms with E-state index in [1.807, 2.05) is 25.1 Å². The van der Waals surface area contributed by atoms with Gasteiger partial charge in [-0.1, -0.05) is 18.2 Å². The van der Waals surface area contributed by atoms with Crippen LogP contribution >= 0.6 is 0 Å². The molecule has 0 amide bonds. The molecule has 2 heterocycles. The highest BCUT2D eigenvalue weighted by Crippen LogP contribution is 2.45. The minimum Gasteiger partial charge on any atom is -0.494 e. The second-order valence-electron chi connectivity index (χ2n) is 5.39. The molecule has 2 bridgehead atoms. The van der Waals surface area contributed by atoms with Crippen molar-refractivity contribution in [3.63, 3.8) is 0 Å². The molecular formula is C15H22N2O2. The van der Waals surface area contributed by atoms with Crippen LogP contribution in [0, 0.1) is 5.92 Å². The first-order valence-electron chi connectivity index (χ1n) is 7.16. The van der Waals surface area contributed by atoms with E-state index in [4.69, 9.17) is 15.3 Å². The van der Waals surface area contributed by atoms with E-state index in [-0.39, 0.29) is 6.04 Å². The van der Waals surface area contributed by atoms with Crippen LogP contribution in [0.1, 0.15) is 37.8 Å². The van der Waals surface area contributed by atoms with Crippen LogP contribution in [0.3, 0.4) is 0 Å². The molecule has 1 aromatic rings. The first kappa shape index (κ1) is 12.9. The van der Waals surface area contributed by atoms with Gasteiger partial charge in [-0.2, -0.15) is 0 Å². The van der Waals surface area contributed by atoms with E-state index in [9.17, 15) is 0 Å². The summed E-state index contributed by atoms with van der Waals surface area (Å²) in [4.78, 5) is 0. The van der Waals surface area contributed by atoms with Crippen molar-refractivity contribution in [1.29, 1.82) is 0 Å². The molecule has 2 aliphatic heterocycles. The number of nitrogens with one attached hydrogen (secondary N) is 1. The van der Waals surface area contributed by atoms with E-state index in [1.54, 1.807) is 0 Å². The molecule has 2 saturated heterocycles. The predicted molar refractivity (Wildman–Crippen MR) is 73.7 cm³/mol. The quantitative estimate of drug-likeness (QED) is 0.630. The van der Waals surface area contributed by atoms with Gasteiger partial charge in [0, 0.05) is 11.5 Å². The van der Waals surface area contributed by atoms with E-state index >= 15 is 0 Å². The molecule has 4 heteroatoms. The molecule has 4 nitrogen and oxygen atoms in total. The van der Waals surface area contributed by atoms with Crippen molar-refractivity contribution >= 4 is 0 Å². The molecule has 3 N–H and O–H groups in total. The molecule has 19 heavy (non-hydrogen) atoms. The molecule has 4 atom stereocenters. The normalized spacial score (nSPS) is 30.5. The van der Waals surface area contributed by atoms with Crippen molar-refractivity contribution in [2.24, 2.45) is 11.8 Å². The largest absolute Gasteiger partial charge is 0.494 e. The zero-order chi connectivity index (χ0) is 13.2. The molecule has 2 aliphatic rings. The number of rotatable bonds is 5. The van der Waals surface area contributed by atoms with Crippen molar-refractivity contribution in [3.05, 3.63) is 29.8 Å². The van der Waals surface area contributed by atoms with Gasteiger partial charge in [-0.05, 0) is 32.3 Å². The second-order valence-corrected chi connectivity index (χ2v) is 5.39. The third kappa shape index (κ3) is 2.36. The van der Waals surface area contributed by atoms with Crippen molar-refractivity contribution < 1.29 is 9.47 Å². The highest BCUT2D eigenvalue weighted by molar-refractivity contribution is 5.36. The van der Waals surface area contributed by atoms with Gasteiger partial charge in [0.05, 0.1) is 24.9 Å². The Bertz CT molecular complexity index is 438. The van der Waals surface area contributed by atoms with Crippen molar-refractivity contribution in [1.82, 2.24) is 5.43 Å². The van der Waals surface area contributed by atoms with Gasteiger partial charge in [-0.3, -0.25) is 11.3 Å². The molecule has 104 valence electrons. The molecule has 0 radical (unpaired) electrons. The number of nitrogens with two attached hydrogens (primary N) is 1. The summed E-state index contributed by atoms with van der Waals surface area (Å²) in [6.45, 7) is 2.67. The highest BCUT2D eigenvalue weighted by atomic mass is 16.5. The molecule has 1 aromatic carbocycles. The van der Waals surface area contributed by atoms with Crippen LogP contribution in [0.5, 0.6) is 5.75 Å². The van der Waals surface area contributed by atoms with E-state index in [0.717, 1.165) is 24.2 Å². The van der Waals surface area contributed by atoms with Gasteiger partial charge in [0.15, 0.2) is 0 Å². The zero-order valence-corrected chi connectivity index (χ0v) is 11.3. The third-order valence-corrected chi connectivity index (χ3v) is 4.31. The molecule has 0 spiro atoms. The molecular weight excluding hydrogens is 240 g/mol. The number of ether oxygens (including phenoxy) is 2. The van der Waals surface area contributed by atoms with Gasteiger partial charge in [0.2, 0.25) is 0 Å². The number of hydrogen-bond donors (Lipinski definition) is 2. The zero-order valence-electron chi connectivity index (χ0n) is 11.3. The Hall–Kier alpha value is -1.10. The molecule has 4 unspecified atom stereocenters. The fourth-order valence-electron chi connectivity index (χ4n) is 3.50. The summed E-state index contributed by atoms with van der Waals surface area (Å²) in [5.41, 5.74) is 4.13. The van der Waals surface area contributed by atoms with Crippen LogP contribution in [0.4, 0.5) is 0 Å². The number of benzene rings is 1. The Morgan fingerprint density at radius 2 is 2.26 bits per heavy atom. The van der Waals surface area contributed by atoms with Crippen LogP contribution in [0.25, 0.3) is 0 Å². The summed E-state index contributed by atoms with van der Waals surface area (Å²) in [6.07, 6.45) is 4.24. The van der Waals surface area contributed by atoms with Crippen molar-refractivity contribution in [2.45, 2.75) is 44.4 Å². The van der Waals surface area contributed by atoms with E-state index in [2.05, 4.69) is 11.5 Å². The smallest absolute Gasteiger partial charge is 0.124 e. The molecule has 0 aromatic heterocycles. The summed E-state index contributed by atoms with van der Waals surface area (Å²) < 4.78 is 11.7. The van der Waals surface area contributed by atoms with E-state index in [1.165, 1.54) is 6.42 Å². The van der Waals surface area contributed by atoms with E-state index < -0.39 is 0 Å². The average Bonchev–Trinajstić information content (AvgIpc) is 3.04. The lowest BCUT2D eigenvalue weighted by Crippen LogP contribution is -2.37. The standard InChI is InChI=1S/C15H22N2O2/c1-2-18-13-6-4-3-5-11(13)15(17-16)12-9-10-7-8-14(12)19-10/h3-6,10,12,14-15,17H,2,7-9,16H2,1H3. The number of fused-ring (bicyclic) bond motifs is 2. The molecule has 0 aliphatic carbocycles. The monoisotopic (exact) mass is 262 g/mol. The van der Waals surface area contributed by atoms with Gasteiger partial charge in [0.25, 0.3) is 0 Å². The van der Waals surface area contributed by atoms with Crippen LogP contribution < -0.4 is 16.0 Å². The lowest BCUT2D eigenvalue weighted by atomic mass is 9.81. The summed E-state index contributed by atoms with van der Waals surface area (Å²) in [6, 6.07) is 8.26. The predicted octanol–water partition coefficient (Wildman–Crippen LogP) is 2.16. The van der Waals surface area contributed by atoms with Crippen LogP contribution in [-0.4, -0.2) is 18.8 Å². The van der Waals surface area contributed by atoms with Crippen LogP contribution in [0.2, 0.25) is 0 Å². The Balaban J connectivity index is 1.86. The minimum atomic E-state index is 0.109. The fraction of sp³-hybridized carbons (Fsp3) is 0.600. The van der Waals surface area contributed by atoms with Crippen molar-refractivity contribution in [2.75, 3.05) is 6.61 Å². The lowest BCUT2D eigenvalue weighted by molar-refractivity contribution is 0.0854. The lowest BCUT2D eigenvalue weighted by Gasteiger charge is -2.29. The van der Waals surface area contributed by atoms with Gasteiger partial charge < -0.3 is 9.47 Å².